The van der Waals surface area contributed by atoms with E-state index in [4.69, 9.17) is 0 Å². The Kier molecular flexibility index (Phi) is 13.5. The Morgan fingerprint density at radius 2 is 1.60 bits per heavy atom. The SMILES string of the molecule is CCCCCCCCCC(CC)NCCCC(O)(I)c1ccc(NS(C)(=O)=O)cc1. The highest BCUT2D eigenvalue weighted by atomic mass is 127. The Labute approximate surface area is 198 Å². The normalized spacial score (nSPS) is 15.0. The first kappa shape index (κ1) is 27.7. The molecule has 2 unspecified atom stereocenters. The summed E-state index contributed by atoms with van der Waals surface area (Å²) in [5.74, 6) is 0. The van der Waals surface area contributed by atoms with Crippen LogP contribution in [-0.2, 0) is 13.6 Å². The van der Waals surface area contributed by atoms with Crippen LogP contribution < -0.4 is 10.0 Å². The summed E-state index contributed by atoms with van der Waals surface area (Å²) in [4.78, 5) is 0. The van der Waals surface area contributed by atoms with Crippen LogP contribution in [0.5, 0.6) is 0 Å². The van der Waals surface area contributed by atoms with Crippen molar-refractivity contribution in [3.8, 4) is 0 Å². The molecule has 0 fully saturated rings. The van der Waals surface area contributed by atoms with Gasteiger partial charge in [-0.25, -0.2) is 8.42 Å². The standard InChI is InChI=1S/C23H41IN2O3S/c1-4-6-7-8-9-10-11-13-21(5-2)25-19-12-18-23(24,27)20-14-16-22(17-15-20)26-30(3,28)29/h14-17,21,25-27H,4-13,18-19H2,1-3H3. The predicted molar refractivity (Wildman–Crippen MR) is 137 cm³/mol. The second-order valence-corrected chi connectivity index (χ2v) is 11.8. The van der Waals surface area contributed by atoms with Crippen molar-refractivity contribution < 1.29 is 13.5 Å². The molecule has 0 aromatic heterocycles. The predicted octanol–water partition coefficient (Wildman–Crippen LogP) is 5.93. The zero-order valence-electron chi connectivity index (χ0n) is 18.9. The Balaban J connectivity index is 2.30. The maximum atomic E-state index is 11.3. The van der Waals surface area contributed by atoms with Crippen molar-refractivity contribution in [1.82, 2.24) is 5.32 Å². The molecule has 7 heteroatoms. The molecule has 5 nitrogen and oxygen atoms in total. The molecule has 3 N–H and O–H groups in total. The molecule has 2 atom stereocenters. The van der Waals surface area contributed by atoms with Crippen LogP contribution in [0.15, 0.2) is 24.3 Å². The van der Waals surface area contributed by atoms with Gasteiger partial charge in [0.15, 0.2) is 0 Å². The number of hydrogen-bond donors (Lipinski definition) is 3. The molecular weight excluding hydrogens is 511 g/mol. The first-order valence-electron chi connectivity index (χ1n) is 11.4. The lowest BCUT2D eigenvalue weighted by Crippen LogP contribution is -2.30. The van der Waals surface area contributed by atoms with Gasteiger partial charge < -0.3 is 10.4 Å². The zero-order valence-corrected chi connectivity index (χ0v) is 21.9. The number of halogens is 1. The Morgan fingerprint density at radius 1 is 1.00 bits per heavy atom. The lowest BCUT2D eigenvalue weighted by atomic mass is 10.0. The lowest BCUT2D eigenvalue weighted by molar-refractivity contribution is 0.143. The van der Waals surface area contributed by atoms with Crippen LogP contribution in [0.1, 0.15) is 90.0 Å². The fourth-order valence-electron chi connectivity index (χ4n) is 3.58. The van der Waals surface area contributed by atoms with Gasteiger partial charge in [-0.05, 0) is 72.5 Å². The van der Waals surface area contributed by atoms with Crippen LogP contribution in [0.3, 0.4) is 0 Å². The molecule has 0 spiro atoms. The maximum Gasteiger partial charge on any atom is 0.229 e. The van der Waals surface area contributed by atoms with Crippen LogP contribution in [0.4, 0.5) is 5.69 Å². The van der Waals surface area contributed by atoms with E-state index in [2.05, 4.69) is 46.5 Å². The molecule has 0 heterocycles. The molecular formula is C23H41IN2O3S. The average Bonchev–Trinajstić information content (AvgIpc) is 2.68. The van der Waals surface area contributed by atoms with E-state index in [1.165, 1.54) is 51.4 Å². The quantitative estimate of drug-likeness (QED) is 0.127. The van der Waals surface area contributed by atoms with Gasteiger partial charge in [0.2, 0.25) is 10.0 Å². The van der Waals surface area contributed by atoms with Gasteiger partial charge >= 0.3 is 0 Å². The first-order chi connectivity index (χ1) is 14.2. The summed E-state index contributed by atoms with van der Waals surface area (Å²) in [5, 5.41) is 14.5. The van der Waals surface area contributed by atoms with Gasteiger partial charge in [-0.3, -0.25) is 4.72 Å². The monoisotopic (exact) mass is 552 g/mol. The van der Waals surface area contributed by atoms with Gasteiger partial charge in [0, 0.05) is 11.7 Å². The van der Waals surface area contributed by atoms with E-state index in [9.17, 15) is 13.5 Å². The van der Waals surface area contributed by atoms with Crippen molar-refractivity contribution >= 4 is 38.3 Å². The molecule has 0 aliphatic rings. The van der Waals surface area contributed by atoms with Crippen molar-refractivity contribution in [2.24, 2.45) is 0 Å². The molecule has 0 saturated heterocycles. The summed E-state index contributed by atoms with van der Waals surface area (Å²) in [5.41, 5.74) is 1.29. The Morgan fingerprint density at radius 3 is 2.17 bits per heavy atom. The number of nitrogens with one attached hydrogen (secondary N) is 2. The summed E-state index contributed by atoms with van der Waals surface area (Å²) in [7, 11) is -3.29. The van der Waals surface area contributed by atoms with Gasteiger partial charge in [-0.1, -0.05) is 70.9 Å². The Bertz CT molecular complexity index is 678. The number of alkyl halides is 1. The molecule has 0 saturated carbocycles. The number of anilines is 1. The van der Waals surface area contributed by atoms with Crippen molar-refractivity contribution in [3.63, 3.8) is 0 Å². The summed E-state index contributed by atoms with van der Waals surface area (Å²) >= 11 is 2.08. The number of hydrogen-bond acceptors (Lipinski definition) is 4. The smallest absolute Gasteiger partial charge is 0.229 e. The second-order valence-electron chi connectivity index (χ2n) is 8.28. The van der Waals surface area contributed by atoms with Gasteiger partial charge in [-0.2, -0.15) is 0 Å². The van der Waals surface area contributed by atoms with E-state index < -0.39 is 13.6 Å². The van der Waals surface area contributed by atoms with E-state index >= 15 is 0 Å². The Hall–Kier alpha value is -0.380. The van der Waals surface area contributed by atoms with E-state index in [0.29, 0.717) is 18.2 Å². The lowest BCUT2D eigenvalue weighted by Gasteiger charge is -2.23. The summed E-state index contributed by atoms with van der Waals surface area (Å²) in [6.45, 7) is 5.39. The zero-order chi connectivity index (χ0) is 22.5. The van der Waals surface area contributed by atoms with E-state index in [-0.39, 0.29) is 0 Å². The average molecular weight is 553 g/mol. The third-order valence-corrected chi connectivity index (χ3v) is 7.17. The van der Waals surface area contributed by atoms with Crippen LogP contribution in [0.2, 0.25) is 0 Å². The maximum absolute atomic E-state index is 11.3. The molecule has 174 valence electrons. The minimum atomic E-state index is -3.29. The molecule has 0 amide bonds. The third-order valence-electron chi connectivity index (χ3n) is 5.40. The molecule has 1 rings (SSSR count). The molecule has 1 aromatic rings. The fraction of sp³-hybridized carbons (Fsp3) is 0.739. The van der Waals surface area contributed by atoms with Gasteiger partial charge in [0.1, 0.15) is 3.61 Å². The van der Waals surface area contributed by atoms with Gasteiger partial charge in [-0.15, -0.1) is 0 Å². The third kappa shape index (κ3) is 12.5. The fourth-order valence-corrected chi connectivity index (χ4v) is 4.88. The highest BCUT2D eigenvalue weighted by molar-refractivity contribution is 14.1. The van der Waals surface area contributed by atoms with Gasteiger partial charge in [0.05, 0.1) is 6.26 Å². The number of sulfonamides is 1. The van der Waals surface area contributed by atoms with Crippen LogP contribution in [-0.4, -0.2) is 32.4 Å². The minimum absolute atomic E-state index is 0.506. The highest BCUT2D eigenvalue weighted by Gasteiger charge is 2.24. The van der Waals surface area contributed by atoms with E-state index in [1.807, 2.05) is 0 Å². The first-order valence-corrected chi connectivity index (χ1v) is 14.4. The molecule has 1 aromatic carbocycles. The topological polar surface area (TPSA) is 78.4 Å². The van der Waals surface area contributed by atoms with Crippen LogP contribution in [0, 0.1) is 0 Å². The van der Waals surface area contributed by atoms with Crippen molar-refractivity contribution in [2.45, 2.75) is 94.1 Å². The second kappa shape index (κ2) is 14.6. The van der Waals surface area contributed by atoms with Crippen molar-refractivity contribution in [1.29, 1.82) is 0 Å². The molecule has 0 aliphatic heterocycles. The summed E-state index contributed by atoms with van der Waals surface area (Å²) in [6, 6.07) is 7.50. The van der Waals surface area contributed by atoms with Crippen LogP contribution >= 0.6 is 22.6 Å². The van der Waals surface area contributed by atoms with Gasteiger partial charge in [0.25, 0.3) is 0 Å². The van der Waals surface area contributed by atoms with Crippen molar-refractivity contribution in [3.05, 3.63) is 29.8 Å². The highest BCUT2D eigenvalue weighted by Crippen LogP contribution is 2.34. The minimum Gasteiger partial charge on any atom is -0.375 e. The van der Waals surface area contributed by atoms with E-state index in [0.717, 1.165) is 31.2 Å². The number of benzene rings is 1. The summed E-state index contributed by atoms with van der Waals surface area (Å²) < 4.78 is 24.1. The number of unbranched alkanes of at least 4 members (excludes halogenated alkanes) is 6. The van der Waals surface area contributed by atoms with Crippen LogP contribution in [0.25, 0.3) is 0 Å². The van der Waals surface area contributed by atoms with E-state index in [1.54, 1.807) is 24.3 Å². The molecule has 30 heavy (non-hydrogen) atoms. The number of aliphatic hydroxyl groups is 1. The number of rotatable bonds is 17. The molecule has 0 radical (unpaired) electrons. The summed E-state index contributed by atoms with van der Waals surface area (Å²) in [6.07, 6.45) is 14.4. The van der Waals surface area contributed by atoms with Crippen molar-refractivity contribution in [2.75, 3.05) is 17.5 Å². The molecule has 0 aliphatic carbocycles. The molecule has 0 bridgehead atoms. The largest absolute Gasteiger partial charge is 0.375 e.